The van der Waals surface area contributed by atoms with E-state index in [0.717, 1.165) is 30.1 Å². The van der Waals surface area contributed by atoms with Gasteiger partial charge in [-0.2, -0.15) is 0 Å². The molecule has 2 aromatic rings. The van der Waals surface area contributed by atoms with Gasteiger partial charge in [-0.15, -0.1) is 10.2 Å². The summed E-state index contributed by atoms with van der Waals surface area (Å²) in [5.41, 5.74) is 3.58. The van der Waals surface area contributed by atoms with Crippen molar-refractivity contribution in [2.24, 2.45) is 23.7 Å². The molecule has 1 aliphatic rings. The van der Waals surface area contributed by atoms with Crippen LogP contribution in [0.3, 0.4) is 0 Å². The average Bonchev–Trinajstić information content (AvgIpc) is 3.16. The number of hydrogen-bond acceptors (Lipinski definition) is 5. The van der Waals surface area contributed by atoms with Crippen LogP contribution in [0.2, 0.25) is 0 Å². The predicted molar refractivity (Wildman–Crippen MR) is 125 cm³/mol. The third-order valence-corrected chi connectivity index (χ3v) is 6.36. The fraction of sp³-hybridized carbons (Fsp3) is 0.600. The predicted octanol–water partition coefficient (Wildman–Crippen LogP) is 5.20. The molecule has 0 unspecified atom stereocenters. The summed E-state index contributed by atoms with van der Waals surface area (Å²) in [4.78, 5) is 2.08. The summed E-state index contributed by atoms with van der Waals surface area (Å²) in [7, 11) is 4.07. The monoisotopic (exact) mass is 410 g/mol. The topological polar surface area (TPSA) is 54.2 Å². The molecule has 164 valence electrons. The van der Waals surface area contributed by atoms with Gasteiger partial charge in [-0.05, 0) is 61.3 Å². The number of benzene rings is 1. The van der Waals surface area contributed by atoms with Gasteiger partial charge in [-0.3, -0.25) is 0 Å². The minimum atomic E-state index is 0.470. The molecular formula is C25H38N4O. The highest BCUT2D eigenvalue weighted by molar-refractivity contribution is 5.58. The Morgan fingerprint density at radius 2 is 1.80 bits per heavy atom. The van der Waals surface area contributed by atoms with E-state index in [0.29, 0.717) is 35.6 Å². The average molecular weight is 411 g/mol. The molecule has 0 amide bonds. The second-order valence-corrected chi connectivity index (χ2v) is 9.62. The molecule has 1 aromatic heterocycles. The fourth-order valence-electron chi connectivity index (χ4n) is 4.45. The highest BCUT2D eigenvalue weighted by Gasteiger charge is 2.32. The van der Waals surface area contributed by atoms with Gasteiger partial charge in [0.25, 0.3) is 0 Å². The quantitative estimate of drug-likeness (QED) is 0.606. The van der Waals surface area contributed by atoms with Gasteiger partial charge in [0.05, 0.1) is 0 Å². The lowest BCUT2D eigenvalue weighted by molar-refractivity contribution is 0.216. The first-order chi connectivity index (χ1) is 14.2. The molecule has 5 nitrogen and oxygen atoms in total. The highest BCUT2D eigenvalue weighted by Crippen LogP contribution is 2.38. The lowest BCUT2D eigenvalue weighted by Crippen LogP contribution is -2.37. The van der Waals surface area contributed by atoms with E-state index in [1.165, 1.54) is 12.0 Å². The van der Waals surface area contributed by atoms with Crippen molar-refractivity contribution in [3.05, 3.63) is 41.8 Å². The molecule has 0 saturated heterocycles. The van der Waals surface area contributed by atoms with Gasteiger partial charge in [0.15, 0.2) is 0 Å². The van der Waals surface area contributed by atoms with E-state index in [-0.39, 0.29) is 0 Å². The van der Waals surface area contributed by atoms with Crippen molar-refractivity contribution < 1.29 is 4.42 Å². The molecular weight excluding hydrogens is 372 g/mol. The number of nitrogens with one attached hydrogen (secondary N) is 1. The molecule has 1 aliphatic carbocycles. The third kappa shape index (κ3) is 5.51. The first-order valence-corrected chi connectivity index (χ1v) is 11.3. The van der Waals surface area contributed by atoms with E-state index in [1.54, 1.807) is 0 Å². The number of nitrogens with zero attached hydrogens (tertiary/aromatic N) is 3. The SMILES string of the molecule is CC1=C[C@@H](CNC(C)C)[C@H](C(C)C)C[C@H]1Cc1nnc(-c2ccc(N(C)C)cc2)o1. The summed E-state index contributed by atoms with van der Waals surface area (Å²) in [5.74, 6) is 3.73. The molecule has 1 aromatic carbocycles. The fourth-order valence-corrected chi connectivity index (χ4v) is 4.45. The molecule has 3 atom stereocenters. The largest absolute Gasteiger partial charge is 0.421 e. The van der Waals surface area contributed by atoms with Gasteiger partial charge in [0.1, 0.15) is 0 Å². The summed E-state index contributed by atoms with van der Waals surface area (Å²) in [6.07, 6.45) is 4.49. The van der Waals surface area contributed by atoms with Crippen molar-refractivity contribution in [1.29, 1.82) is 0 Å². The van der Waals surface area contributed by atoms with E-state index in [1.807, 2.05) is 26.2 Å². The van der Waals surface area contributed by atoms with Crippen LogP contribution in [-0.2, 0) is 6.42 Å². The van der Waals surface area contributed by atoms with E-state index in [9.17, 15) is 0 Å². The third-order valence-electron chi connectivity index (χ3n) is 6.36. The Morgan fingerprint density at radius 3 is 2.40 bits per heavy atom. The Balaban J connectivity index is 1.71. The molecule has 0 aliphatic heterocycles. The molecule has 0 fully saturated rings. The maximum absolute atomic E-state index is 6.05. The number of anilines is 1. The normalized spacial score (nSPS) is 21.9. The molecule has 0 radical (unpaired) electrons. The lowest BCUT2D eigenvalue weighted by Gasteiger charge is -2.37. The van der Waals surface area contributed by atoms with Crippen LogP contribution >= 0.6 is 0 Å². The van der Waals surface area contributed by atoms with Crippen LogP contribution in [0.5, 0.6) is 0 Å². The lowest BCUT2D eigenvalue weighted by atomic mass is 9.70. The van der Waals surface area contributed by atoms with Crippen LogP contribution in [-0.4, -0.2) is 36.9 Å². The van der Waals surface area contributed by atoms with Crippen molar-refractivity contribution in [3.8, 4) is 11.5 Å². The highest BCUT2D eigenvalue weighted by atomic mass is 16.4. The summed E-state index contributed by atoms with van der Waals surface area (Å²) < 4.78 is 6.05. The minimum Gasteiger partial charge on any atom is -0.421 e. The Morgan fingerprint density at radius 1 is 1.10 bits per heavy atom. The molecule has 1 heterocycles. The van der Waals surface area contributed by atoms with Gasteiger partial charge < -0.3 is 14.6 Å². The Hall–Kier alpha value is -2.14. The molecule has 1 N–H and O–H groups in total. The number of hydrogen-bond donors (Lipinski definition) is 1. The molecule has 0 bridgehead atoms. The summed E-state index contributed by atoms with van der Waals surface area (Å²) in [6, 6.07) is 8.75. The zero-order valence-corrected chi connectivity index (χ0v) is 19.6. The van der Waals surface area contributed by atoms with Gasteiger partial charge in [0, 0.05) is 44.4 Å². The molecule has 5 heteroatoms. The van der Waals surface area contributed by atoms with Gasteiger partial charge in [0.2, 0.25) is 11.8 Å². The van der Waals surface area contributed by atoms with Crippen LogP contribution in [0.4, 0.5) is 5.69 Å². The number of rotatable bonds is 8. The number of aromatic nitrogens is 2. The van der Waals surface area contributed by atoms with E-state index in [4.69, 9.17) is 4.42 Å². The van der Waals surface area contributed by atoms with Crippen molar-refractivity contribution >= 4 is 5.69 Å². The van der Waals surface area contributed by atoms with Crippen LogP contribution in [0.15, 0.2) is 40.3 Å². The zero-order valence-electron chi connectivity index (χ0n) is 19.6. The van der Waals surface area contributed by atoms with Crippen molar-refractivity contribution in [1.82, 2.24) is 15.5 Å². The standard InChI is InChI=1S/C25H38N4O/c1-16(2)23-13-20(18(5)12-21(23)15-26-17(3)4)14-24-27-28-25(30-24)19-8-10-22(11-9-19)29(6)7/h8-12,16-17,20-21,23,26H,13-15H2,1-7H3/t20-,21-,23-/m0/s1. The first kappa shape index (κ1) is 22.5. The molecule has 30 heavy (non-hydrogen) atoms. The van der Waals surface area contributed by atoms with E-state index >= 15 is 0 Å². The van der Waals surface area contributed by atoms with Gasteiger partial charge >= 0.3 is 0 Å². The Labute approximate surface area is 182 Å². The van der Waals surface area contributed by atoms with Gasteiger partial charge in [-0.25, -0.2) is 0 Å². The van der Waals surface area contributed by atoms with Crippen molar-refractivity contribution in [2.75, 3.05) is 25.5 Å². The van der Waals surface area contributed by atoms with Crippen molar-refractivity contribution in [3.63, 3.8) is 0 Å². The van der Waals surface area contributed by atoms with Crippen LogP contribution in [0.25, 0.3) is 11.5 Å². The molecule has 0 saturated carbocycles. The van der Waals surface area contributed by atoms with E-state index in [2.05, 4.69) is 73.2 Å². The first-order valence-electron chi connectivity index (χ1n) is 11.3. The Kier molecular flexibility index (Phi) is 7.35. The van der Waals surface area contributed by atoms with Gasteiger partial charge in [-0.1, -0.05) is 39.3 Å². The maximum atomic E-state index is 6.05. The smallest absolute Gasteiger partial charge is 0.247 e. The molecule has 3 rings (SSSR count). The van der Waals surface area contributed by atoms with Crippen LogP contribution < -0.4 is 10.2 Å². The number of allylic oxidation sites excluding steroid dienone is 1. The Bertz CT molecular complexity index is 835. The van der Waals surface area contributed by atoms with Crippen LogP contribution in [0.1, 0.15) is 46.9 Å². The van der Waals surface area contributed by atoms with E-state index < -0.39 is 0 Å². The summed E-state index contributed by atoms with van der Waals surface area (Å²) >= 11 is 0. The second-order valence-electron chi connectivity index (χ2n) is 9.62. The minimum absolute atomic E-state index is 0.470. The zero-order chi connectivity index (χ0) is 21.8. The molecule has 0 spiro atoms. The second kappa shape index (κ2) is 9.78. The summed E-state index contributed by atoms with van der Waals surface area (Å²) in [5, 5.41) is 12.3. The summed E-state index contributed by atoms with van der Waals surface area (Å²) in [6.45, 7) is 12.4. The van der Waals surface area contributed by atoms with Crippen molar-refractivity contribution in [2.45, 2.75) is 53.5 Å². The maximum Gasteiger partial charge on any atom is 0.247 e. The van der Waals surface area contributed by atoms with Crippen LogP contribution in [0, 0.1) is 23.7 Å².